The Morgan fingerprint density at radius 2 is 2.05 bits per heavy atom. The standard InChI is InChI=1S/C15H23ClN2O3/c16-11-6-18(13-10(7-19)8-21-14(11)13)15(20)12(17)9-4-2-1-3-5-9/h7,9-14H,1-6,8,17H2/t10-,11-,12-,13+,14+/m0/s1. The largest absolute Gasteiger partial charge is 0.374 e. The van der Waals surface area contributed by atoms with E-state index in [1.54, 1.807) is 4.90 Å². The first-order valence-electron chi connectivity index (χ1n) is 7.90. The Balaban J connectivity index is 1.72. The summed E-state index contributed by atoms with van der Waals surface area (Å²) in [4.78, 5) is 25.7. The summed E-state index contributed by atoms with van der Waals surface area (Å²) in [5.74, 6) is -0.0743. The van der Waals surface area contributed by atoms with Crippen LogP contribution in [0.5, 0.6) is 0 Å². The molecule has 21 heavy (non-hydrogen) atoms. The summed E-state index contributed by atoms with van der Waals surface area (Å²) >= 11 is 6.29. The number of carbonyl (C=O) groups excluding carboxylic acids is 2. The zero-order valence-electron chi connectivity index (χ0n) is 12.1. The minimum Gasteiger partial charge on any atom is -0.374 e. The zero-order chi connectivity index (χ0) is 15.0. The number of halogens is 1. The lowest BCUT2D eigenvalue weighted by molar-refractivity contribution is -0.136. The van der Waals surface area contributed by atoms with Crippen molar-refractivity contribution in [3.8, 4) is 0 Å². The first kappa shape index (κ1) is 15.3. The fourth-order valence-corrected chi connectivity index (χ4v) is 4.42. The molecule has 0 aromatic rings. The van der Waals surface area contributed by atoms with Crippen molar-refractivity contribution in [2.45, 2.75) is 55.7 Å². The predicted octanol–water partition coefficient (Wildman–Crippen LogP) is 0.926. The molecule has 2 aliphatic heterocycles. The summed E-state index contributed by atoms with van der Waals surface area (Å²) in [6, 6.07) is -0.701. The molecule has 0 aromatic heterocycles. The van der Waals surface area contributed by atoms with E-state index in [1.807, 2.05) is 0 Å². The molecule has 0 aromatic carbocycles. The Kier molecular flexibility index (Phi) is 4.52. The van der Waals surface area contributed by atoms with Crippen LogP contribution < -0.4 is 5.73 Å². The van der Waals surface area contributed by atoms with E-state index in [9.17, 15) is 9.59 Å². The molecule has 1 saturated carbocycles. The summed E-state index contributed by atoms with van der Waals surface area (Å²) in [6.45, 7) is 0.783. The van der Waals surface area contributed by atoms with Crippen LogP contribution in [0.1, 0.15) is 32.1 Å². The number of hydrogen-bond donors (Lipinski definition) is 1. The van der Waals surface area contributed by atoms with Gasteiger partial charge in [-0.1, -0.05) is 19.3 Å². The van der Waals surface area contributed by atoms with Crippen LogP contribution in [0, 0.1) is 11.8 Å². The molecule has 2 heterocycles. The van der Waals surface area contributed by atoms with Crippen molar-refractivity contribution in [3.63, 3.8) is 0 Å². The van der Waals surface area contributed by atoms with Crippen LogP contribution in [-0.4, -0.2) is 53.8 Å². The van der Waals surface area contributed by atoms with E-state index in [-0.39, 0.29) is 35.3 Å². The predicted molar refractivity (Wildman–Crippen MR) is 79.0 cm³/mol. The van der Waals surface area contributed by atoms with Crippen molar-refractivity contribution in [2.24, 2.45) is 17.6 Å². The first-order valence-corrected chi connectivity index (χ1v) is 8.34. The number of amides is 1. The van der Waals surface area contributed by atoms with Crippen LogP contribution in [0.15, 0.2) is 0 Å². The summed E-state index contributed by atoms with van der Waals surface area (Å²) in [5, 5.41) is -0.248. The Morgan fingerprint density at radius 3 is 2.71 bits per heavy atom. The van der Waals surface area contributed by atoms with E-state index in [1.165, 1.54) is 6.42 Å². The van der Waals surface area contributed by atoms with E-state index in [4.69, 9.17) is 22.1 Å². The average Bonchev–Trinajstić information content (AvgIpc) is 3.08. The van der Waals surface area contributed by atoms with Gasteiger partial charge in [0.05, 0.1) is 36.1 Å². The van der Waals surface area contributed by atoms with Gasteiger partial charge in [0.1, 0.15) is 6.29 Å². The van der Waals surface area contributed by atoms with Gasteiger partial charge in [0.25, 0.3) is 0 Å². The van der Waals surface area contributed by atoms with Gasteiger partial charge in [-0.2, -0.15) is 0 Å². The van der Waals surface area contributed by atoms with Crippen LogP contribution in [0.25, 0.3) is 0 Å². The SMILES string of the molecule is N[C@H](C(=O)N1C[C@H](Cl)[C@H]2OC[C@H](C=O)[C@H]21)C1CCCCC1. The Bertz CT molecular complexity index is 414. The molecule has 1 amide bonds. The molecular formula is C15H23ClN2O3. The van der Waals surface area contributed by atoms with Crippen molar-refractivity contribution in [3.05, 3.63) is 0 Å². The molecule has 2 saturated heterocycles. The van der Waals surface area contributed by atoms with E-state index >= 15 is 0 Å². The highest BCUT2D eigenvalue weighted by atomic mass is 35.5. The van der Waals surface area contributed by atoms with Crippen LogP contribution in [-0.2, 0) is 14.3 Å². The third kappa shape index (κ3) is 2.71. The molecule has 3 aliphatic rings. The van der Waals surface area contributed by atoms with E-state index in [0.717, 1.165) is 32.0 Å². The van der Waals surface area contributed by atoms with Gasteiger partial charge in [-0.25, -0.2) is 0 Å². The number of rotatable bonds is 3. The topological polar surface area (TPSA) is 72.6 Å². The number of ether oxygens (including phenoxy) is 1. The number of nitrogens with two attached hydrogens (primary N) is 1. The minimum atomic E-state index is -0.471. The molecule has 0 radical (unpaired) electrons. The number of likely N-dealkylation sites (tertiary alicyclic amines) is 1. The van der Waals surface area contributed by atoms with Crippen molar-refractivity contribution in [2.75, 3.05) is 13.2 Å². The van der Waals surface area contributed by atoms with Crippen LogP contribution in [0.2, 0.25) is 0 Å². The molecule has 0 unspecified atom stereocenters. The second-order valence-corrected chi connectivity index (χ2v) is 7.08. The smallest absolute Gasteiger partial charge is 0.240 e. The van der Waals surface area contributed by atoms with Crippen molar-refractivity contribution >= 4 is 23.8 Å². The van der Waals surface area contributed by atoms with Gasteiger partial charge in [0, 0.05) is 6.54 Å². The summed E-state index contributed by atoms with van der Waals surface area (Å²) in [5.41, 5.74) is 6.22. The number of hydrogen-bond acceptors (Lipinski definition) is 4. The second kappa shape index (κ2) is 6.23. The molecule has 3 rings (SSSR count). The normalized spacial score (nSPS) is 38.3. The highest BCUT2D eigenvalue weighted by molar-refractivity contribution is 6.21. The maximum Gasteiger partial charge on any atom is 0.240 e. The van der Waals surface area contributed by atoms with Gasteiger partial charge in [-0.3, -0.25) is 4.79 Å². The molecule has 1 aliphatic carbocycles. The maximum absolute atomic E-state index is 12.8. The fraction of sp³-hybridized carbons (Fsp3) is 0.867. The third-order valence-corrected chi connectivity index (χ3v) is 5.63. The molecule has 5 nitrogen and oxygen atoms in total. The molecule has 2 N–H and O–H groups in total. The number of nitrogens with zero attached hydrogens (tertiary/aromatic N) is 1. The summed E-state index contributed by atoms with van der Waals surface area (Å²) in [6.07, 6.45) is 6.22. The van der Waals surface area contributed by atoms with Crippen LogP contribution in [0.4, 0.5) is 0 Å². The molecule has 118 valence electrons. The number of carbonyl (C=O) groups is 2. The van der Waals surface area contributed by atoms with Gasteiger partial charge < -0.3 is 20.2 Å². The number of aldehydes is 1. The molecule has 3 fully saturated rings. The Hall–Kier alpha value is -0.650. The maximum atomic E-state index is 12.8. The third-order valence-electron chi connectivity index (χ3n) is 5.24. The lowest BCUT2D eigenvalue weighted by Crippen LogP contribution is -2.52. The van der Waals surface area contributed by atoms with Gasteiger partial charge in [-0.15, -0.1) is 11.6 Å². The van der Waals surface area contributed by atoms with Crippen LogP contribution in [0.3, 0.4) is 0 Å². The van der Waals surface area contributed by atoms with Crippen molar-refractivity contribution in [1.82, 2.24) is 4.90 Å². The fourth-order valence-electron chi connectivity index (χ4n) is 4.05. The molecule has 0 spiro atoms. The quantitative estimate of drug-likeness (QED) is 0.621. The number of alkyl halides is 1. The summed E-state index contributed by atoms with van der Waals surface area (Å²) in [7, 11) is 0. The average molecular weight is 315 g/mol. The van der Waals surface area contributed by atoms with E-state index in [2.05, 4.69) is 0 Å². The Labute approximate surface area is 130 Å². The highest BCUT2D eigenvalue weighted by Crippen LogP contribution is 2.36. The van der Waals surface area contributed by atoms with E-state index in [0.29, 0.717) is 13.2 Å². The van der Waals surface area contributed by atoms with Gasteiger partial charge in [-0.05, 0) is 18.8 Å². The highest BCUT2D eigenvalue weighted by Gasteiger charge is 2.52. The minimum absolute atomic E-state index is 0.0580. The molecule has 0 bridgehead atoms. The van der Waals surface area contributed by atoms with Gasteiger partial charge in [0.15, 0.2) is 0 Å². The van der Waals surface area contributed by atoms with Crippen molar-refractivity contribution < 1.29 is 14.3 Å². The second-order valence-electron chi connectivity index (χ2n) is 6.52. The first-order chi connectivity index (χ1) is 10.1. The lowest BCUT2D eigenvalue weighted by Gasteiger charge is -2.32. The Morgan fingerprint density at radius 1 is 1.33 bits per heavy atom. The molecule has 5 atom stereocenters. The monoisotopic (exact) mass is 314 g/mol. The lowest BCUT2D eigenvalue weighted by atomic mass is 9.83. The van der Waals surface area contributed by atoms with Gasteiger partial charge >= 0.3 is 0 Å². The zero-order valence-corrected chi connectivity index (χ0v) is 12.9. The van der Waals surface area contributed by atoms with E-state index < -0.39 is 6.04 Å². The van der Waals surface area contributed by atoms with Crippen molar-refractivity contribution in [1.29, 1.82) is 0 Å². The molecular weight excluding hydrogens is 292 g/mol. The molecule has 6 heteroatoms. The van der Waals surface area contributed by atoms with Crippen LogP contribution >= 0.6 is 11.6 Å². The number of fused-ring (bicyclic) bond motifs is 1. The van der Waals surface area contributed by atoms with Gasteiger partial charge in [0.2, 0.25) is 5.91 Å². The summed E-state index contributed by atoms with van der Waals surface area (Å²) < 4.78 is 5.60.